The summed E-state index contributed by atoms with van der Waals surface area (Å²) in [4.78, 5) is 23.9. The van der Waals surface area contributed by atoms with Crippen LogP contribution in [0, 0.1) is 5.92 Å². The minimum Gasteiger partial charge on any atom is -0.376 e. The molecule has 2 aliphatic rings. The summed E-state index contributed by atoms with van der Waals surface area (Å²) in [5.41, 5.74) is 0.839. The highest BCUT2D eigenvalue weighted by Gasteiger charge is 2.29. The predicted molar refractivity (Wildman–Crippen MR) is 104 cm³/mol. The number of piperidine rings is 1. The second-order valence-electron chi connectivity index (χ2n) is 7.41. The van der Waals surface area contributed by atoms with Crippen LogP contribution in [0.15, 0.2) is 22.9 Å². The van der Waals surface area contributed by atoms with Gasteiger partial charge in [0, 0.05) is 38.9 Å². The number of rotatable bonds is 6. The van der Waals surface area contributed by atoms with Gasteiger partial charge in [-0.25, -0.2) is 4.98 Å². The molecule has 8 heteroatoms. The molecule has 0 spiro atoms. The highest BCUT2D eigenvalue weighted by atomic mass is 16.5. The molecule has 2 fully saturated rings. The van der Waals surface area contributed by atoms with Crippen LogP contribution < -0.4 is 10.2 Å². The van der Waals surface area contributed by atoms with Crippen molar-refractivity contribution in [2.45, 2.75) is 45.1 Å². The van der Waals surface area contributed by atoms with E-state index in [-0.39, 0.29) is 17.9 Å². The number of hydrogen-bond acceptors (Lipinski definition) is 7. The molecule has 0 aliphatic carbocycles. The zero-order valence-electron chi connectivity index (χ0n) is 16.3. The first-order valence-electron chi connectivity index (χ1n) is 10.2. The second kappa shape index (κ2) is 8.68. The maximum absolute atomic E-state index is 12.7. The summed E-state index contributed by atoms with van der Waals surface area (Å²) in [5, 5.41) is 7.17. The van der Waals surface area contributed by atoms with Crippen LogP contribution in [-0.4, -0.2) is 53.4 Å². The third kappa shape index (κ3) is 4.16. The Kier molecular flexibility index (Phi) is 5.85. The number of aryl methyl sites for hydroxylation is 1. The largest absolute Gasteiger partial charge is 0.376 e. The summed E-state index contributed by atoms with van der Waals surface area (Å²) in [6.07, 6.45) is 6.56. The lowest BCUT2D eigenvalue weighted by atomic mass is 9.96. The van der Waals surface area contributed by atoms with Crippen molar-refractivity contribution in [1.82, 2.24) is 20.4 Å². The molecule has 28 heavy (non-hydrogen) atoms. The summed E-state index contributed by atoms with van der Waals surface area (Å²) in [6.45, 7) is 4.88. The number of nitrogens with one attached hydrogen (secondary N) is 1. The molecule has 1 amide bonds. The Morgan fingerprint density at radius 2 is 2.29 bits per heavy atom. The Balaban J connectivity index is 1.45. The van der Waals surface area contributed by atoms with E-state index in [1.54, 1.807) is 6.20 Å². The van der Waals surface area contributed by atoms with Gasteiger partial charge in [-0.15, -0.1) is 0 Å². The van der Waals surface area contributed by atoms with E-state index in [0.717, 1.165) is 50.2 Å². The fraction of sp³-hybridized carbons (Fsp3) is 0.600. The zero-order chi connectivity index (χ0) is 19.3. The lowest BCUT2D eigenvalue weighted by molar-refractivity contribution is -0.125. The molecule has 1 N–H and O–H groups in total. The average molecular weight is 385 g/mol. The summed E-state index contributed by atoms with van der Waals surface area (Å²) in [6, 6.07) is 3.82. The number of carbonyl (C=O) groups excluding carboxylic acids is 1. The van der Waals surface area contributed by atoms with Gasteiger partial charge in [0.15, 0.2) is 0 Å². The number of carbonyl (C=O) groups is 1. The van der Waals surface area contributed by atoms with Gasteiger partial charge in [-0.2, -0.15) is 4.98 Å². The fourth-order valence-corrected chi connectivity index (χ4v) is 3.88. The SMILES string of the molecule is CCc1nc(-c2cccnc2N2CCC[C@H](C(=O)NC[C@@H]3CCCO3)C2)no1. The second-order valence-corrected chi connectivity index (χ2v) is 7.41. The molecule has 0 bridgehead atoms. The van der Waals surface area contributed by atoms with Gasteiger partial charge in [0.2, 0.25) is 17.6 Å². The van der Waals surface area contributed by atoms with Crippen molar-refractivity contribution in [3.63, 3.8) is 0 Å². The zero-order valence-corrected chi connectivity index (χ0v) is 16.3. The van der Waals surface area contributed by atoms with Crippen LogP contribution in [0.5, 0.6) is 0 Å². The van der Waals surface area contributed by atoms with Crippen LogP contribution in [0.25, 0.3) is 11.4 Å². The lowest BCUT2D eigenvalue weighted by Gasteiger charge is -2.33. The van der Waals surface area contributed by atoms with Crippen LogP contribution in [0.1, 0.15) is 38.5 Å². The van der Waals surface area contributed by atoms with Crippen molar-refractivity contribution < 1.29 is 14.1 Å². The summed E-state index contributed by atoms with van der Waals surface area (Å²) in [5.74, 6) is 2.01. The van der Waals surface area contributed by atoms with E-state index >= 15 is 0 Å². The van der Waals surface area contributed by atoms with Crippen LogP contribution >= 0.6 is 0 Å². The van der Waals surface area contributed by atoms with E-state index < -0.39 is 0 Å². The smallest absolute Gasteiger partial charge is 0.226 e. The van der Waals surface area contributed by atoms with Crippen LogP contribution in [-0.2, 0) is 16.0 Å². The van der Waals surface area contributed by atoms with Crippen molar-refractivity contribution in [3.8, 4) is 11.4 Å². The average Bonchev–Trinajstić information content (AvgIpc) is 3.44. The van der Waals surface area contributed by atoms with Gasteiger partial charge in [0.25, 0.3) is 0 Å². The Bertz CT molecular complexity index is 803. The molecule has 2 saturated heterocycles. The molecule has 4 rings (SSSR count). The standard InChI is InChI=1S/C20H27N5O3/c1-2-17-23-18(24-28-17)16-8-3-9-21-19(16)25-10-4-6-14(13-25)20(26)22-12-15-7-5-11-27-15/h3,8-9,14-15H,2,4-7,10-13H2,1H3,(H,22,26)/t14-,15-/m0/s1. The topological polar surface area (TPSA) is 93.4 Å². The molecule has 4 heterocycles. The Morgan fingerprint density at radius 1 is 1.36 bits per heavy atom. The molecule has 150 valence electrons. The number of amides is 1. The minimum atomic E-state index is -0.0542. The first-order chi connectivity index (χ1) is 13.7. The number of pyridine rings is 1. The first kappa shape index (κ1) is 18.9. The van der Waals surface area contributed by atoms with E-state index in [1.807, 2.05) is 19.1 Å². The Morgan fingerprint density at radius 3 is 3.07 bits per heavy atom. The molecule has 0 unspecified atom stereocenters. The van der Waals surface area contributed by atoms with Gasteiger partial charge in [-0.3, -0.25) is 4.79 Å². The van der Waals surface area contributed by atoms with Crippen LogP contribution in [0.2, 0.25) is 0 Å². The molecule has 2 atom stereocenters. The molecule has 2 aromatic heterocycles. The van der Waals surface area contributed by atoms with Gasteiger partial charge >= 0.3 is 0 Å². The number of hydrogen-bond donors (Lipinski definition) is 1. The van der Waals surface area contributed by atoms with E-state index in [2.05, 4.69) is 25.3 Å². The van der Waals surface area contributed by atoms with Gasteiger partial charge < -0.3 is 19.5 Å². The molecular formula is C20H27N5O3. The third-order valence-electron chi connectivity index (χ3n) is 5.42. The van der Waals surface area contributed by atoms with E-state index in [0.29, 0.717) is 31.2 Å². The molecule has 0 saturated carbocycles. The monoisotopic (exact) mass is 385 g/mol. The Labute approximate surface area is 164 Å². The fourth-order valence-electron chi connectivity index (χ4n) is 3.88. The highest BCUT2D eigenvalue weighted by Crippen LogP contribution is 2.30. The van der Waals surface area contributed by atoms with Gasteiger partial charge in [0.05, 0.1) is 17.6 Å². The molecule has 0 radical (unpaired) electrons. The molecular weight excluding hydrogens is 358 g/mol. The van der Waals surface area contributed by atoms with E-state index in [9.17, 15) is 4.79 Å². The highest BCUT2D eigenvalue weighted by molar-refractivity contribution is 5.80. The van der Waals surface area contributed by atoms with Gasteiger partial charge in [-0.1, -0.05) is 12.1 Å². The van der Waals surface area contributed by atoms with Crippen molar-refractivity contribution in [3.05, 3.63) is 24.2 Å². The first-order valence-corrected chi connectivity index (χ1v) is 10.2. The van der Waals surface area contributed by atoms with E-state index in [1.165, 1.54) is 0 Å². The van der Waals surface area contributed by atoms with Crippen molar-refractivity contribution in [2.24, 2.45) is 5.92 Å². The molecule has 8 nitrogen and oxygen atoms in total. The number of nitrogens with zero attached hydrogens (tertiary/aromatic N) is 4. The summed E-state index contributed by atoms with van der Waals surface area (Å²) in [7, 11) is 0. The number of aromatic nitrogens is 3. The van der Waals surface area contributed by atoms with Crippen molar-refractivity contribution >= 4 is 11.7 Å². The normalized spacial score (nSPS) is 22.4. The van der Waals surface area contributed by atoms with Crippen molar-refractivity contribution in [1.29, 1.82) is 0 Å². The maximum atomic E-state index is 12.7. The Hall–Kier alpha value is -2.48. The van der Waals surface area contributed by atoms with Crippen molar-refractivity contribution in [2.75, 3.05) is 31.1 Å². The number of anilines is 1. The molecule has 0 aromatic carbocycles. The molecule has 2 aliphatic heterocycles. The van der Waals surface area contributed by atoms with Crippen LogP contribution in [0.3, 0.4) is 0 Å². The summed E-state index contributed by atoms with van der Waals surface area (Å²) < 4.78 is 10.9. The van der Waals surface area contributed by atoms with Gasteiger partial charge in [-0.05, 0) is 37.8 Å². The molecule has 2 aromatic rings. The third-order valence-corrected chi connectivity index (χ3v) is 5.42. The van der Waals surface area contributed by atoms with Crippen LogP contribution in [0.4, 0.5) is 5.82 Å². The number of ether oxygens (including phenoxy) is 1. The van der Waals surface area contributed by atoms with E-state index in [4.69, 9.17) is 9.26 Å². The quantitative estimate of drug-likeness (QED) is 0.815. The van der Waals surface area contributed by atoms with Gasteiger partial charge in [0.1, 0.15) is 5.82 Å². The maximum Gasteiger partial charge on any atom is 0.226 e. The summed E-state index contributed by atoms with van der Waals surface area (Å²) >= 11 is 0. The predicted octanol–water partition coefficient (Wildman–Crippen LogP) is 2.21. The lowest BCUT2D eigenvalue weighted by Crippen LogP contribution is -2.45. The minimum absolute atomic E-state index is 0.0542.